The Hall–Kier alpha value is -0.0951. The van der Waals surface area contributed by atoms with Crippen LogP contribution in [0.4, 0.5) is 0 Å². The van der Waals surface area contributed by atoms with Gasteiger partial charge in [-0.2, -0.15) is 0 Å². The van der Waals surface area contributed by atoms with Crippen molar-refractivity contribution in [2.75, 3.05) is 20.3 Å². The van der Waals surface area contributed by atoms with Gasteiger partial charge in [0.2, 0.25) is 0 Å². The molecule has 0 aromatic heterocycles. The Morgan fingerprint density at radius 3 is 2.77 bits per heavy atom. The summed E-state index contributed by atoms with van der Waals surface area (Å²) >= 11 is 0. The maximum Gasteiger partial charge on any atom is 0.139 e. The van der Waals surface area contributed by atoms with Gasteiger partial charge in [0.25, 0.3) is 0 Å². The second-order valence-corrected chi connectivity index (χ2v) is 3.62. The van der Waals surface area contributed by atoms with Crippen LogP contribution in [0.25, 0.3) is 0 Å². The first-order valence-corrected chi connectivity index (χ1v) is 4.28. The van der Waals surface area contributed by atoms with E-state index in [4.69, 9.17) is 17.3 Å². The summed E-state index contributed by atoms with van der Waals surface area (Å²) in [5, 5.41) is 19.5. The van der Waals surface area contributed by atoms with Gasteiger partial charge in [0.1, 0.15) is 11.7 Å². The number of hydrogen-bond acceptors (Lipinski definition) is 4. The van der Waals surface area contributed by atoms with Crippen LogP contribution >= 0.6 is 0 Å². The fraction of sp³-hybridized carbons (Fsp3) is 1.00. The Kier molecular flexibility index (Phi) is 3.35. The molecule has 0 spiro atoms. The van der Waals surface area contributed by atoms with Crippen LogP contribution in [-0.4, -0.2) is 56.2 Å². The molecule has 4 nitrogen and oxygen atoms in total. The topological polar surface area (TPSA) is 58.9 Å². The number of ether oxygens (including phenoxy) is 2. The molecule has 0 saturated carbocycles. The molecule has 1 rings (SSSR count). The van der Waals surface area contributed by atoms with Gasteiger partial charge in [-0.3, -0.25) is 0 Å². The quantitative estimate of drug-likeness (QED) is 0.561. The molecule has 0 bridgehead atoms. The average Bonchev–Trinajstić information content (AvgIpc) is 2.30. The minimum absolute atomic E-state index is 0.0530. The van der Waals surface area contributed by atoms with Gasteiger partial charge in [-0.15, -0.1) is 0 Å². The highest BCUT2D eigenvalue weighted by Gasteiger charge is 2.48. The summed E-state index contributed by atoms with van der Waals surface area (Å²) in [6, 6.07) is 0. The second-order valence-electron chi connectivity index (χ2n) is 3.62. The normalized spacial score (nSPS) is 42.2. The van der Waals surface area contributed by atoms with E-state index in [1.807, 2.05) is 0 Å². The van der Waals surface area contributed by atoms with Gasteiger partial charge >= 0.3 is 0 Å². The zero-order valence-corrected chi connectivity index (χ0v) is 7.93. The van der Waals surface area contributed by atoms with Gasteiger partial charge in [0, 0.05) is 7.11 Å². The zero-order chi connectivity index (χ0) is 10.1. The van der Waals surface area contributed by atoms with Gasteiger partial charge in [0.15, 0.2) is 0 Å². The predicted molar refractivity (Wildman–Crippen MR) is 47.8 cm³/mol. The monoisotopic (exact) mass is 186 g/mol. The maximum absolute atomic E-state index is 9.82. The number of aliphatic hydroxyl groups is 2. The molecule has 5 heteroatoms. The van der Waals surface area contributed by atoms with E-state index in [2.05, 4.69) is 0 Å². The Morgan fingerprint density at radius 2 is 2.38 bits per heavy atom. The molecule has 0 amide bonds. The number of methoxy groups -OCH3 is 1. The SMILES string of the molecule is [B][C@H](C)C1OC[C@](O)(COC)C1O. The summed E-state index contributed by atoms with van der Waals surface area (Å²) in [6.07, 6.45) is -1.49. The minimum Gasteiger partial charge on any atom is -0.387 e. The molecule has 1 aliphatic rings. The van der Waals surface area contributed by atoms with Crippen LogP contribution in [0.2, 0.25) is 5.82 Å². The van der Waals surface area contributed by atoms with Crippen molar-refractivity contribution in [3.63, 3.8) is 0 Å². The highest BCUT2D eigenvalue weighted by molar-refractivity contribution is 6.11. The molecule has 0 aromatic carbocycles. The van der Waals surface area contributed by atoms with Crippen molar-refractivity contribution < 1.29 is 19.7 Å². The van der Waals surface area contributed by atoms with Gasteiger partial charge in [-0.05, 0) is 0 Å². The summed E-state index contributed by atoms with van der Waals surface area (Å²) < 4.78 is 9.99. The Labute approximate surface area is 79.3 Å². The fourth-order valence-electron chi connectivity index (χ4n) is 1.54. The molecule has 1 aliphatic heterocycles. The number of rotatable bonds is 3. The first-order chi connectivity index (χ1) is 6.01. The second kappa shape index (κ2) is 3.96. The lowest BCUT2D eigenvalue weighted by Gasteiger charge is -2.26. The minimum atomic E-state index is -1.31. The molecule has 74 valence electrons. The molecule has 1 fully saturated rings. The third-order valence-corrected chi connectivity index (χ3v) is 2.30. The van der Waals surface area contributed by atoms with Crippen LogP contribution in [0.1, 0.15) is 6.92 Å². The molecular formula is C8H15BO4. The molecule has 1 heterocycles. The van der Waals surface area contributed by atoms with Crippen molar-refractivity contribution in [2.24, 2.45) is 0 Å². The molecule has 0 aliphatic carbocycles. The molecule has 2 N–H and O–H groups in total. The largest absolute Gasteiger partial charge is 0.387 e. The fourth-order valence-corrected chi connectivity index (χ4v) is 1.54. The highest BCUT2D eigenvalue weighted by atomic mass is 16.6. The molecule has 2 unspecified atom stereocenters. The van der Waals surface area contributed by atoms with E-state index in [9.17, 15) is 10.2 Å². The Balaban J connectivity index is 2.63. The van der Waals surface area contributed by atoms with E-state index in [0.717, 1.165) is 0 Å². The van der Waals surface area contributed by atoms with Crippen molar-refractivity contribution in [2.45, 2.75) is 30.5 Å². The zero-order valence-electron chi connectivity index (χ0n) is 7.93. The first-order valence-electron chi connectivity index (χ1n) is 4.28. The Morgan fingerprint density at radius 1 is 1.77 bits per heavy atom. The van der Waals surface area contributed by atoms with E-state index >= 15 is 0 Å². The van der Waals surface area contributed by atoms with Crippen LogP contribution in [0.3, 0.4) is 0 Å². The van der Waals surface area contributed by atoms with Gasteiger partial charge in [-0.1, -0.05) is 12.7 Å². The van der Waals surface area contributed by atoms with Crippen molar-refractivity contribution in [3.05, 3.63) is 0 Å². The van der Waals surface area contributed by atoms with Crippen molar-refractivity contribution in [1.29, 1.82) is 0 Å². The molecule has 1 saturated heterocycles. The summed E-state index contributed by atoms with van der Waals surface area (Å²) in [6.45, 7) is 1.85. The van der Waals surface area contributed by atoms with E-state index in [0.29, 0.717) is 0 Å². The van der Waals surface area contributed by atoms with Crippen molar-refractivity contribution >= 4 is 7.85 Å². The molecule has 13 heavy (non-hydrogen) atoms. The summed E-state index contributed by atoms with van der Waals surface area (Å²) in [4.78, 5) is 0. The van der Waals surface area contributed by atoms with E-state index < -0.39 is 17.8 Å². The molecule has 0 aromatic rings. The van der Waals surface area contributed by atoms with E-state index in [1.165, 1.54) is 7.11 Å². The third kappa shape index (κ3) is 2.04. The maximum atomic E-state index is 9.82. The van der Waals surface area contributed by atoms with Gasteiger partial charge in [0.05, 0.1) is 27.2 Å². The van der Waals surface area contributed by atoms with E-state index in [-0.39, 0.29) is 19.0 Å². The molecule has 2 radical (unpaired) electrons. The Bertz CT molecular complexity index is 176. The third-order valence-electron chi connectivity index (χ3n) is 2.30. The highest BCUT2D eigenvalue weighted by Crippen LogP contribution is 2.30. The van der Waals surface area contributed by atoms with Crippen LogP contribution < -0.4 is 0 Å². The molecule has 4 atom stereocenters. The van der Waals surface area contributed by atoms with Gasteiger partial charge < -0.3 is 19.7 Å². The van der Waals surface area contributed by atoms with Crippen LogP contribution in [0, 0.1) is 0 Å². The van der Waals surface area contributed by atoms with Crippen LogP contribution in [0.15, 0.2) is 0 Å². The lowest BCUT2D eigenvalue weighted by molar-refractivity contribution is -0.0910. The standard InChI is InChI=1S/C8H15BO4/c1-5(9)6-7(10)8(11,3-12-2)4-13-6/h5-7,10-11H,3-4H2,1-2H3/t5-,6?,7?,8-/m1/s1. The summed E-state index contributed by atoms with van der Waals surface area (Å²) in [5.41, 5.74) is -1.31. The average molecular weight is 186 g/mol. The summed E-state index contributed by atoms with van der Waals surface area (Å²) in [5.74, 6) is -0.305. The van der Waals surface area contributed by atoms with Crippen molar-refractivity contribution in [1.82, 2.24) is 0 Å². The predicted octanol–water partition coefficient (Wildman–Crippen LogP) is -0.899. The number of hydrogen-bond donors (Lipinski definition) is 2. The first kappa shape index (κ1) is 11.0. The lowest BCUT2D eigenvalue weighted by Crippen LogP contribution is -2.48. The smallest absolute Gasteiger partial charge is 0.139 e. The van der Waals surface area contributed by atoms with Crippen LogP contribution in [-0.2, 0) is 9.47 Å². The molecular weight excluding hydrogens is 171 g/mol. The lowest BCUT2D eigenvalue weighted by atomic mass is 9.80. The number of aliphatic hydroxyl groups excluding tert-OH is 1. The summed E-state index contributed by atoms with van der Waals surface area (Å²) in [7, 11) is 7.03. The van der Waals surface area contributed by atoms with Crippen molar-refractivity contribution in [3.8, 4) is 0 Å². The van der Waals surface area contributed by atoms with E-state index in [1.54, 1.807) is 6.92 Å². The van der Waals surface area contributed by atoms with Crippen LogP contribution in [0.5, 0.6) is 0 Å². The van der Waals surface area contributed by atoms with Gasteiger partial charge in [-0.25, -0.2) is 0 Å².